The van der Waals surface area contributed by atoms with Gasteiger partial charge in [-0.05, 0) is 77.0 Å². The van der Waals surface area contributed by atoms with Crippen LogP contribution in [0.2, 0.25) is 0 Å². The molecule has 1 atom stereocenters. The van der Waals surface area contributed by atoms with Gasteiger partial charge in [-0.2, -0.15) is 0 Å². The van der Waals surface area contributed by atoms with Crippen LogP contribution in [-0.4, -0.2) is 37.2 Å². The third-order valence-electron chi connectivity index (χ3n) is 13.4. The van der Waals surface area contributed by atoms with E-state index in [2.05, 4.69) is 57.2 Å². The Balaban J connectivity index is 4.34. The maximum atomic E-state index is 12.9. The van der Waals surface area contributed by atoms with E-state index in [-0.39, 0.29) is 31.1 Å². The van der Waals surface area contributed by atoms with Crippen molar-refractivity contribution in [3.8, 4) is 0 Å². The summed E-state index contributed by atoms with van der Waals surface area (Å²) in [6.45, 7) is 6.64. The first-order chi connectivity index (χ1) is 33.5. The molecule has 0 aliphatic heterocycles. The Hall–Kier alpha value is -2.37. The third-order valence-corrected chi connectivity index (χ3v) is 13.4. The molecule has 0 fully saturated rings. The molecule has 0 heterocycles. The molecule has 0 saturated heterocycles. The van der Waals surface area contributed by atoms with Crippen LogP contribution >= 0.6 is 0 Å². The highest BCUT2D eigenvalue weighted by Gasteiger charge is 2.19. The summed E-state index contributed by atoms with van der Waals surface area (Å²) in [6.07, 6.45) is 68.5. The van der Waals surface area contributed by atoms with Gasteiger partial charge in [0.15, 0.2) is 6.10 Å². The Labute approximate surface area is 423 Å². The molecule has 0 unspecified atom stereocenters. The first-order valence-electron chi connectivity index (χ1n) is 30.0. The molecule has 0 rings (SSSR count). The average molecular weight is 956 g/mol. The van der Waals surface area contributed by atoms with Gasteiger partial charge < -0.3 is 14.2 Å². The summed E-state index contributed by atoms with van der Waals surface area (Å²) >= 11 is 0. The second-order valence-electron chi connectivity index (χ2n) is 20.3. The van der Waals surface area contributed by atoms with Crippen LogP contribution in [0, 0.1) is 0 Å². The van der Waals surface area contributed by atoms with Crippen molar-refractivity contribution < 1.29 is 28.6 Å². The third kappa shape index (κ3) is 54.6. The number of ether oxygens (including phenoxy) is 3. The highest BCUT2D eigenvalue weighted by atomic mass is 16.6. The van der Waals surface area contributed by atoms with E-state index in [0.29, 0.717) is 19.3 Å². The van der Waals surface area contributed by atoms with Gasteiger partial charge in [-0.15, -0.1) is 0 Å². The SMILES string of the molecule is CCCCC/C=C\C/C=C\CCCCCCCCCC(=O)O[C@H](COC(=O)CCCCCCC/C=C\CCCCCCC)COC(=O)CCCCCCCCCCCCCCCCCCCCC. The highest BCUT2D eigenvalue weighted by Crippen LogP contribution is 2.17. The molecule has 0 spiro atoms. The topological polar surface area (TPSA) is 78.9 Å². The molecule has 0 N–H and O–H groups in total. The Morgan fingerprint density at radius 3 is 0.853 bits per heavy atom. The van der Waals surface area contributed by atoms with E-state index >= 15 is 0 Å². The summed E-state index contributed by atoms with van der Waals surface area (Å²) in [5, 5.41) is 0. The largest absolute Gasteiger partial charge is 0.462 e. The number of esters is 3. The van der Waals surface area contributed by atoms with Crippen LogP contribution in [0.1, 0.15) is 323 Å². The molecule has 0 saturated carbocycles. The maximum Gasteiger partial charge on any atom is 0.306 e. The van der Waals surface area contributed by atoms with Crippen molar-refractivity contribution in [2.24, 2.45) is 0 Å². The van der Waals surface area contributed by atoms with Gasteiger partial charge in [-0.25, -0.2) is 0 Å². The fourth-order valence-corrected chi connectivity index (χ4v) is 8.82. The van der Waals surface area contributed by atoms with Crippen LogP contribution in [0.3, 0.4) is 0 Å². The predicted octanol–water partition coefficient (Wildman–Crippen LogP) is 20.0. The zero-order valence-corrected chi connectivity index (χ0v) is 45.6. The minimum Gasteiger partial charge on any atom is -0.462 e. The number of unbranched alkanes of at least 4 members (excludes halogenated alkanes) is 38. The quantitative estimate of drug-likeness (QED) is 0.0262. The van der Waals surface area contributed by atoms with Crippen LogP contribution in [-0.2, 0) is 28.6 Å². The van der Waals surface area contributed by atoms with E-state index < -0.39 is 6.10 Å². The van der Waals surface area contributed by atoms with Gasteiger partial charge in [0.1, 0.15) is 13.2 Å². The van der Waals surface area contributed by atoms with Crippen molar-refractivity contribution in [2.75, 3.05) is 13.2 Å². The molecule has 0 aromatic heterocycles. The molecule has 0 radical (unpaired) electrons. The average Bonchev–Trinajstić information content (AvgIpc) is 3.34. The minimum absolute atomic E-state index is 0.0742. The van der Waals surface area contributed by atoms with Gasteiger partial charge >= 0.3 is 17.9 Å². The minimum atomic E-state index is -0.777. The van der Waals surface area contributed by atoms with Gasteiger partial charge in [0.05, 0.1) is 0 Å². The summed E-state index contributed by atoms with van der Waals surface area (Å²) < 4.78 is 16.9. The molecule has 0 aromatic carbocycles. The number of carbonyl (C=O) groups excluding carboxylic acids is 3. The fraction of sp³-hybridized carbons (Fsp3) is 0.855. The first-order valence-corrected chi connectivity index (χ1v) is 30.0. The molecule has 0 aliphatic carbocycles. The van der Waals surface area contributed by atoms with E-state index in [0.717, 1.165) is 77.0 Å². The predicted molar refractivity (Wildman–Crippen MR) is 293 cm³/mol. The van der Waals surface area contributed by atoms with Crippen LogP contribution in [0.15, 0.2) is 36.5 Å². The Morgan fingerprint density at radius 2 is 0.529 bits per heavy atom. The molecule has 6 heteroatoms. The molecular weight excluding hydrogens is 841 g/mol. The summed E-state index contributed by atoms with van der Waals surface area (Å²) in [7, 11) is 0. The van der Waals surface area contributed by atoms with Crippen molar-refractivity contribution in [1.29, 1.82) is 0 Å². The van der Waals surface area contributed by atoms with Crippen molar-refractivity contribution in [1.82, 2.24) is 0 Å². The number of carbonyl (C=O) groups is 3. The Morgan fingerprint density at radius 1 is 0.294 bits per heavy atom. The van der Waals surface area contributed by atoms with Crippen molar-refractivity contribution >= 4 is 17.9 Å². The van der Waals surface area contributed by atoms with Crippen molar-refractivity contribution in [2.45, 2.75) is 329 Å². The summed E-state index contributed by atoms with van der Waals surface area (Å²) in [5.74, 6) is -0.872. The molecule has 0 bridgehead atoms. The van der Waals surface area contributed by atoms with Gasteiger partial charge in [0.25, 0.3) is 0 Å². The first kappa shape index (κ1) is 65.6. The fourth-order valence-electron chi connectivity index (χ4n) is 8.82. The molecule has 68 heavy (non-hydrogen) atoms. The van der Waals surface area contributed by atoms with Gasteiger partial charge in [-0.3, -0.25) is 14.4 Å². The maximum absolute atomic E-state index is 12.9. The molecule has 0 aliphatic rings. The monoisotopic (exact) mass is 955 g/mol. The van der Waals surface area contributed by atoms with Crippen molar-refractivity contribution in [3.63, 3.8) is 0 Å². The van der Waals surface area contributed by atoms with Crippen LogP contribution in [0.5, 0.6) is 0 Å². The summed E-state index contributed by atoms with van der Waals surface area (Å²) in [5.41, 5.74) is 0. The van der Waals surface area contributed by atoms with E-state index in [1.807, 2.05) is 0 Å². The second kappa shape index (κ2) is 57.2. The standard InChI is InChI=1S/C62H114O6/c1-4-7-10-13-16-19-22-25-28-30-31-33-34-37-40-43-46-49-52-55-61(64)67-58-59(57-66-60(63)54-51-48-45-42-39-36-27-24-21-18-15-12-9-6-3)68-62(65)56-53-50-47-44-41-38-35-32-29-26-23-20-17-14-11-8-5-2/h17,20,24,26-27,29,59H,4-16,18-19,21-23,25,28,30-58H2,1-3H3/b20-17-,27-24-,29-26-/t59-/m1/s1. The zero-order chi connectivity index (χ0) is 49.3. The zero-order valence-electron chi connectivity index (χ0n) is 45.6. The molecular formula is C62H114O6. The van der Waals surface area contributed by atoms with Crippen LogP contribution in [0.25, 0.3) is 0 Å². The van der Waals surface area contributed by atoms with E-state index in [9.17, 15) is 14.4 Å². The normalized spacial score (nSPS) is 12.2. The smallest absolute Gasteiger partial charge is 0.306 e. The second-order valence-corrected chi connectivity index (χ2v) is 20.3. The Kier molecular flexibility index (Phi) is 55.2. The lowest BCUT2D eigenvalue weighted by Gasteiger charge is -2.18. The summed E-state index contributed by atoms with van der Waals surface area (Å²) in [6, 6.07) is 0. The lowest BCUT2D eigenvalue weighted by Crippen LogP contribution is -2.30. The van der Waals surface area contributed by atoms with Gasteiger partial charge in [-0.1, -0.05) is 263 Å². The summed E-state index contributed by atoms with van der Waals surface area (Å²) in [4.78, 5) is 38.2. The molecule has 0 amide bonds. The molecule has 0 aromatic rings. The molecule has 6 nitrogen and oxygen atoms in total. The lowest BCUT2D eigenvalue weighted by atomic mass is 10.0. The number of allylic oxidation sites excluding steroid dienone is 6. The highest BCUT2D eigenvalue weighted by molar-refractivity contribution is 5.71. The van der Waals surface area contributed by atoms with Crippen LogP contribution < -0.4 is 0 Å². The van der Waals surface area contributed by atoms with Crippen LogP contribution in [0.4, 0.5) is 0 Å². The van der Waals surface area contributed by atoms with E-state index in [4.69, 9.17) is 14.2 Å². The van der Waals surface area contributed by atoms with E-state index in [1.165, 1.54) is 205 Å². The van der Waals surface area contributed by atoms with E-state index in [1.54, 1.807) is 0 Å². The number of rotatable bonds is 55. The van der Waals surface area contributed by atoms with Gasteiger partial charge in [0, 0.05) is 19.3 Å². The molecule has 398 valence electrons. The number of hydrogen-bond acceptors (Lipinski definition) is 6. The number of hydrogen-bond donors (Lipinski definition) is 0. The lowest BCUT2D eigenvalue weighted by molar-refractivity contribution is -0.167. The Bertz CT molecular complexity index is 1140. The van der Waals surface area contributed by atoms with Gasteiger partial charge in [0.2, 0.25) is 0 Å². The van der Waals surface area contributed by atoms with Crippen molar-refractivity contribution in [3.05, 3.63) is 36.5 Å².